The van der Waals surface area contributed by atoms with Gasteiger partial charge in [0, 0.05) is 28.2 Å². The van der Waals surface area contributed by atoms with Crippen molar-refractivity contribution in [2.75, 3.05) is 28.2 Å². The summed E-state index contributed by atoms with van der Waals surface area (Å²) in [5.41, 5.74) is 0. The van der Waals surface area contributed by atoms with Gasteiger partial charge in [-0.05, 0) is 0 Å². The third-order valence-electron chi connectivity index (χ3n) is 1.50. The van der Waals surface area contributed by atoms with Crippen LogP contribution in [0.5, 0.6) is 0 Å². The van der Waals surface area contributed by atoms with Crippen LogP contribution >= 0.6 is 0 Å². The van der Waals surface area contributed by atoms with Crippen molar-refractivity contribution < 1.29 is 43.4 Å². The smallest absolute Gasteiger partial charge is 0.444 e. The summed E-state index contributed by atoms with van der Waals surface area (Å²) in [5, 5.41) is 6.18. The summed E-state index contributed by atoms with van der Waals surface area (Å²) in [5.74, 6) is -4.88. The average molecular weight is 376 g/mol. The van der Waals surface area contributed by atoms with Gasteiger partial charge < -0.3 is 8.85 Å². The highest BCUT2D eigenvalue weighted by Gasteiger charge is 2.59. The second-order valence-electron chi connectivity index (χ2n) is 4.17. The highest BCUT2D eigenvalue weighted by molar-refractivity contribution is 6.56. The van der Waals surface area contributed by atoms with Crippen molar-refractivity contribution in [2.45, 2.75) is 12.4 Å². The van der Waals surface area contributed by atoms with E-state index in [1.54, 1.807) is 0 Å². The van der Waals surface area contributed by atoms with Crippen LogP contribution < -0.4 is 0 Å². The van der Waals surface area contributed by atoms with E-state index in [-0.39, 0.29) is 0 Å². The molecule has 0 aliphatic heterocycles. The van der Waals surface area contributed by atoms with Crippen molar-refractivity contribution in [1.82, 2.24) is 10.0 Å². The normalized spacial score (nSPS) is 14.6. The van der Waals surface area contributed by atoms with Crippen molar-refractivity contribution >= 4 is 21.0 Å². The van der Waals surface area contributed by atoms with Crippen LogP contribution in [0.4, 0.5) is 34.6 Å². The molecule has 0 bridgehead atoms. The largest absolute Gasteiger partial charge is 0.907 e. The summed E-state index contributed by atoms with van der Waals surface area (Å²) in [6, 6.07) is 0. The number of rotatable bonds is 4. The monoisotopic (exact) mass is 376 g/mol. The molecule has 0 N–H and O–H groups in total. The summed E-state index contributed by atoms with van der Waals surface area (Å²) in [6.45, 7) is 0. The molecule has 0 unspecified atom stereocenters. The van der Waals surface area contributed by atoms with Gasteiger partial charge in [-0.2, -0.15) is 34.6 Å². The first-order valence-electron chi connectivity index (χ1n) is 5.46. The zero-order valence-corrected chi connectivity index (χ0v) is 13.1. The predicted molar refractivity (Wildman–Crippen MR) is 64.5 cm³/mol. The minimum atomic E-state index is -6.94. The zero-order valence-electron chi connectivity index (χ0n) is 12.1. The van der Waals surface area contributed by atoms with Crippen molar-refractivity contribution in [3.8, 4) is 0 Å². The highest BCUT2D eigenvalue weighted by atomic mass is 28.5. The van der Waals surface area contributed by atoms with Gasteiger partial charge in [-0.25, -0.2) is 0 Å². The second kappa shape index (κ2) is 7.18. The summed E-state index contributed by atoms with van der Waals surface area (Å²) >= 11 is 0. The molecule has 0 aromatic carbocycles. The van der Waals surface area contributed by atoms with E-state index >= 15 is 0 Å². The number of nitrogens with zero attached hydrogens (tertiary/aromatic N) is 4. The summed E-state index contributed by atoms with van der Waals surface area (Å²) in [7, 11) is -3.09. The summed E-state index contributed by atoms with van der Waals surface area (Å²) in [6.07, 6.45) is -10.9. The first-order valence-corrected chi connectivity index (χ1v) is 7.04. The Morgan fingerprint density at radius 3 is 1.17 bits per heavy atom. The van der Waals surface area contributed by atoms with Gasteiger partial charge in [0.1, 0.15) is 0 Å². The van der Waals surface area contributed by atoms with Crippen LogP contribution in [0, 0.1) is 0 Å². The van der Waals surface area contributed by atoms with E-state index in [2.05, 4.69) is 19.1 Å². The van der Waals surface area contributed by atoms with Crippen molar-refractivity contribution in [3.05, 3.63) is 0 Å². The van der Waals surface area contributed by atoms with E-state index in [0.29, 0.717) is 10.0 Å². The van der Waals surface area contributed by atoms with E-state index in [9.17, 15) is 34.6 Å². The third kappa shape index (κ3) is 8.41. The molecule has 0 saturated heterocycles. The maximum absolute atomic E-state index is 13.4. The van der Waals surface area contributed by atoms with Gasteiger partial charge in [0.2, 0.25) is 0 Å². The topological polar surface area (TPSA) is 49.7 Å². The Balaban J connectivity index is 5.46. The van der Waals surface area contributed by atoms with Crippen molar-refractivity contribution in [2.24, 2.45) is 10.2 Å². The molecule has 6 nitrogen and oxygen atoms in total. The molecule has 0 saturated carbocycles. The fraction of sp³-hybridized carbons (Fsp3) is 0.750. The van der Waals surface area contributed by atoms with E-state index in [4.69, 9.17) is 0 Å². The SMILES string of the molecule is CN(C)/N=C(/O[Si](F)(F)O/C(=N/N(C)C)C(F)(F)F)C(F)(F)F. The fourth-order valence-electron chi connectivity index (χ4n) is 0.879. The van der Waals surface area contributed by atoms with E-state index in [0.717, 1.165) is 28.2 Å². The number of hydrogen-bond acceptors (Lipinski definition) is 6. The van der Waals surface area contributed by atoms with Gasteiger partial charge in [0.05, 0.1) is 0 Å². The molecule has 0 spiro atoms. The molecule has 0 aromatic rings. The van der Waals surface area contributed by atoms with Gasteiger partial charge in [-0.3, -0.25) is 10.0 Å². The highest BCUT2D eigenvalue weighted by Crippen LogP contribution is 2.27. The Morgan fingerprint density at radius 1 is 0.739 bits per heavy atom. The Kier molecular flexibility index (Phi) is 6.62. The molecular weight excluding hydrogens is 364 g/mol. The Bertz CT molecular complexity index is 420. The second-order valence-corrected chi connectivity index (χ2v) is 5.50. The minimum absolute atomic E-state index is 0.478. The first kappa shape index (κ1) is 21.2. The molecular formula is C8H12F8N4O2Si. The Morgan fingerprint density at radius 2 is 1.00 bits per heavy atom. The molecule has 136 valence electrons. The number of alkyl halides is 6. The van der Waals surface area contributed by atoms with E-state index in [1.807, 2.05) is 0 Å². The summed E-state index contributed by atoms with van der Waals surface area (Å²) < 4.78 is 108. The molecule has 0 aliphatic carbocycles. The third-order valence-corrected chi connectivity index (χ3v) is 2.36. The lowest BCUT2D eigenvalue weighted by molar-refractivity contribution is -0.0826. The fourth-order valence-corrected chi connectivity index (χ4v) is 1.68. The lowest BCUT2D eigenvalue weighted by Crippen LogP contribution is -2.45. The average Bonchev–Trinajstić information content (AvgIpc) is 2.22. The molecule has 0 atom stereocenters. The molecule has 0 radical (unpaired) electrons. The van der Waals surface area contributed by atoms with Gasteiger partial charge >= 0.3 is 33.4 Å². The quantitative estimate of drug-likeness (QED) is 0.189. The van der Waals surface area contributed by atoms with Crippen LogP contribution in [-0.4, -0.2) is 71.6 Å². The maximum atomic E-state index is 13.4. The predicted octanol–water partition coefficient (Wildman–Crippen LogP) is 2.27. The first-order chi connectivity index (χ1) is 10.0. The summed E-state index contributed by atoms with van der Waals surface area (Å²) in [4.78, 5) is 0. The van der Waals surface area contributed by atoms with Crippen molar-refractivity contribution in [3.63, 3.8) is 0 Å². The molecule has 0 aromatic heterocycles. The Labute approximate surface area is 126 Å². The maximum Gasteiger partial charge on any atom is 0.907 e. The standard InChI is InChI=1S/C8H12F8N4O2Si/c1-19(2)17-5(7(9,10)11)21-23(15,16)22-6(8(12,13)14)18-20(3)4/h1-4H3/b17-5+,18-6+. The van der Waals surface area contributed by atoms with Crippen molar-refractivity contribution in [1.29, 1.82) is 0 Å². The van der Waals surface area contributed by atoms with Gasteiger partial charge in [0.25, 0.3) is 0 Å². The van der Waals surface area contributed by atoms with Crippen LogP contribution in [-0.2, 0) is 8.85 Å². The van der Waals surface area contributed by atoms with Gasteiger partial charge in [0.15, 0.2) is 0 Å². The van der Waals surface area contributed by atoms with E-state index in [1.165, 1.54) is 0 Å². The lowest BCUT2D eigenvalue weighted by Gasteiger charge is -2.21. The molecule has 0 amide bonds. The molecule has 15 heteroatoms. The minimum Gasteiger partial charge on any atom is -0.444 e. The van der Waals surface area contributed by atoms with Crippen LogP contribution in [0.1, 0.15) is 0 Å². The molecule has 0 aliphatic rings. The van der Waals surface area contributed by atoms with Gasteiger partial charge in [-0.15, -0.1) is 10.2 Å². The van der Waals surface area contributed by atoms with Gasteiger partial charge in [-0.1, -0.05) is 0 Å². The number of hydrogen-bond donors (Lipinski definition) is 0. The van der Waals surface area contributed by atoms with Crippen LogP contribution in [0.3, 0.4) is 0 Å². The molecule has 0 heterocycles. The van der Waals surface area contributed by atoms with E-state index < -0.39 is 33.4 Å². The molecule has 0 fully saturated rings. The molecule has 0 rings (SSSR count). The van der Waals surface area contributed by atoms with Crippen LogP contribution in [0.15, 0.2) is 10.2 Å². The number of halogens is 8. The number of hydrazone groups is 2. The lowest BCUT2D eigenvalue weighted by atomic mass is 10.6. The van der Waals surface area contributed by atoms with Crippen LogP contribution in [0.2, 0.25) is 0 Å². The van der Waals surface area contributed by atoms with Crippen LogP contribution in [0.25, 0.3) is 0 Å². The Hall–Kier alpha value is -1.80. The zero-order chi connectivity index (χ0) is 18.6. The molecule has 23 heavy (non-hydrogen) atoms.